The van der Waals surface area contributed by atoms with E-state index < -0.39 is 5.82 Å². The maximum absolute atomic E-state index is 13.7. The molecule has 1 N–H and O–H groups in total. The van der Waals surface area contributed by atoms with Gasteiger partial charge >= 0.3 is 0 Å². The average Bonchev–Trinajstić information content (AvgIpc) is 2.81. The molecule has 0 aliphatic carbocycles. The quantitative estimate of drug-likeness (QED) is 0.732. The number of nitrogens with zero attached hydrogens (tertiary/aromatic N) is 1. The van der Waals surface area contributed by atoms with Crippen LogP contribution >= 0.6 is 15.9 Å². The fraction of sp³-hybridized carbons (Fsp3) is 0. The first-order chi connectivity index (χ1) is 9.16. The van der Waals surface area contributed by atoms with Crippen molar-refractivity contribution >= 4 is 32.7 Å². The van der Waals surface area contributed by atoms with Gasteiger partial charge in [-0.15, -0.1) is 0 Å². The molecule has 1 aromatic carbocycles. The summed E-state index contributed by atoms with van der Waals surface area (Å²) in [4.78, 5) is 19.4. The zero-order valence-corrected chi connectivity index (χ0v) is 11.2. The molecule has 0 atom stereocenters. The third kappa shape index (κ3) is 2.06. The Morgan fingerprint density at radius 3 is 2.84 bits per heavy atom. The van der Waals surface area contributed by atoms with Crippen LogP contribution in [0.25, 0.3) is 11.0 Å². The zero-order chi connectivity index (χ0) is 13.4. The minimum Gasteiger partial charge on any atom is -0.345 e. The second kappa shape index (κ2) is 4.59. The molecule has 2 heterocycles. The van der Waals surface area contributed by atoms with Crippen LogP contribution in [0, 0.1) is 5.82 Å². The summed E-state index contributed by atoms with van der Waals surface area (Å²) < 4.78 is 14.4. The van der Waals surface area contributed by atoms with Crippen molar-refractivity contribution in [1.29, 1.82) is 0 Å². The monoisotopic (exact) mass is 318 g/mol. The van der Waals surface area contributed by atoms with Crippen molar-refractivity contribution in [2.45, 2.75) is 0 Å². The molecule has 0 spiro atoms. The van der Waals surface area contributed by atoms with E-state index in [0.29, 0.717) is 16.6 Å². The van der Waals surface area contributed by atoms with Crippen LogP contribution in [0.2, 0.25) is 0 Å². The molecule has 2 aromatic heterocycles. The van der Waals surface area contributed by atoms with Crippen molar-refractivity contribution in [2.75, 3.05) is 0 Å². The first kappa shape index (κ1) is 12.0. The van der Waals surface area contributed by atoms with Crippen molar-refractivity contribution in [1.82, 2.24) is 9.97 Å². The predicted octanol–water partition coefficient (Wildman–Crippen LogP) is 3.70. The van der Waals surface area contributed by atoms with E-state index in [4.69, 9.17) is 0 Å². The molecule has 0 unspecified atom stereocenters. The predicted molar refractivity (Wildman–Crippen MR) is 73.6 cm³/mol. The number of rotatable bonds is 2. The molecule has 3 aromatic rings. The van der Waals surface area contributed by atoms with E-state index in [0.717, 1.165) is 4.47 Å². The van der Waals surface area contributed by atoms with Gasteiger partial charge in [0, 0.05) is 27.8 Å². The number of hydrogen-bond donors (Lipinski definition) is 1. The van der Waals surface area contributed by atoms with Gasteiger partial charge in [-0.05, 0) is 34.1 Å². The van der Waals surface area contributed by atoms with Gasteiger partial charge in [0.2, 0.25) is 0 Å². The summed E-state index contributed by atoms with van der Waals surface area (Å²) in [7, 11) is 0. The number of fused-ring (bicyclic) bond motifs is 1. The maximum atomic E-state index is 13.7. The Kier molecular flexibility index (Phi) is 2.91. The summed E-state index contributed by atoms with van der Waals surface area (Å²) >= 11 is 3.31. The van der Waals surface area contributed by atoms with Crippen molar-refractivity contribution in [2.24, 2.45) is 0 Å². The fourth-order valence-electron chi connectivity index (χ4n) is 1.96. The molecule has 0 aliphatic rings. The van der Waals surface area contributed by atoms with E-state index in [2.05, 4.69) is 25.9 Å². The lowest BCUT2D eigenvalue weighted by Crippen LogP contribution is -2.03. The Bertz CT molecular complexity index is 782. The standard InChI is InChI=1S/C14H8BrFN2O/c15-8-5-10-11(7-18-14(10)17-6-8)13(19)9-3-1-2-4-12(9)16/h1-7H,(H,17,18). The Morgan fingerprint density at radius 2 is 2.05 bits per heavy atom. The number of aromatic amines is 1. The molecule has 0 saturated heterocycles. The van der Waals surface area contributed by atoms with E-state index >= 15 is 0 Å². The molecule has 0 bridgehead atoms. The van der Waals surface area contributed by atoms with Crippen molar-refractivity contribution in [3.05, 3.63) is 64.1 Å². The van der Waals surface area contributed by atoms with Crippen LogP contribution in [0.4, 0.5) is 4.39 Å². The molecular weight excluding hydrogens is 311 g/mol. The van der Waals surface area contributed by atoms with Gasteiger partial charge in [0.15, 0.2) is 5.78 Å². The number of carbonyl (C=O) groups excluding carboxylic acids is 1. The van der Waals surface area contributed by atoms with Gasteiger partial charge < -0.3 is 4.98 Å². The topological polar surface area (TPSA) is 45.8 Å². The molecule has 0 fully saturated rings. The summed E-state index contributed by atoms with van der Waals surface area (Å²) in [5, 5.41) is 0.669. The van der Waals surface area contributed by atoms with Crippen LogP contribution in [0.3, 0.4) is 0 Å². The third-order valence-electron chi connectivity index (χ3n) is 2.86. The number of carbonyl (C=O) groups is 1. The molecule has 94 valence electrons. The summed E-state index contributed by atoms with van der Waals surface area (Å²) in [6.45, 7) is 0. The van der Waals surface area contributed by atoms with Crippen LogP contribution < -0.4 is 0 Å². The van der Waals surface area contributed by atoms with Gasteiger partial charge in [-0.2, -0.15) is 0 Å². The fourth-order valence-corrected chi connectivity index (χ4v) is 2.29. The number of halogens is 2. The summed E-state index contributed by atoms with van der Waals surface area (Å²) in [5.41, 5.74) is 1.07. The van der Waals surface area contributed by atoms with Crippen LogP contribution in [0.5, 0.6) is 0 Å². The number of benzene rings is 1. The molecule has 3 rings (SSSR count). The lowest BCUT2D eigenvalue weighted by Gasteiger charge is -2.01. The highest BCUT2D eigenvalue weighted by Crippen LogP contribution is 2.23. The average molecular weight is 319 g/mol. The van der Waals surface area contributed by atoms with E-state index in [1.165, 1.54) is 12.1 Å². The molecule has 19 heavy (non-hydrogen) atoms. The smallest absolute Gasteiger partial charge is 0.198 e. The van der Waals surface area contributed by atoms with Gasteiger partial charge in [0.25, 0.3) is 0 Å². The molecular formula is C14H8BrFN2O. The van der Waals surface area contributed by atoms with Gasteiger partial charge in [-0.25, -0.2) is 9.37 Å². The Balaban J connectivity index is 2.17. The van der Waals surface area contributed by atoms with Gasteiger partial charge in [0.1, 0.15) is 11.5 Å². The van der Waals surface area contributed by atoms with Gasteiger partial charge in [0.05, 0.1) is 5.56 Å². The Labute approximate surface area is 116 Å². The molecule has 0 aliphatic heterocycles. The van der Waals surface area contributed by atoms with E-state index in [-0.39, 0.29) is 11.3 Å². The third-order valence-corrected chi connectivity index (χ3v) is 3.29. The number of hydrogen-bond acceptors (Lipinski definition) is 2. The summed E-state index contributed by atoms with van der Waals surface area (Å²) in [6, 6.07) is 7.73. The normalized spacial score (nSPS) is 10.8. The first-order valence-corrected chi connectivity index (χ1v) is 6.38. The van der Waals surface area contributed by atoms with Crippen molar-refractivity contribution in [3.63, 3.8) is 0 Å². The van der Waals surface area contributed by atoms with E-state index in [1.54, 1.807) is 30.6 Å². The summed E-state index contributed by atoms with van der Waals surface area (Å²) in [6.07, 6.45) is 3.19. The second-order valence-corrected chi connectivity index (χ2v) is 4.98. The van der Waals surface area contributed by atoms with Crippen LogP contribution in [-0.2, 0) is 0 Å². The minimum atomic E-state index is -0.523. The lowest BCUT2D eigenvalue weighted by atomic mass is 10.0. The lowest BCUT2D eigenvalue weighted by molar-refractivity contribution is 0.103. The van der Waals surface area contributed by atoms with Gasteiger partial charge in [-0.3, -0.25) is 4.79 Å². The number of aromatic nitrogens is 2. The molecule has 5 heteroatoms. The zero-order valence-electron chi connectivity index (χ0n) is 9.65. The highest BCUT2D eigenvalue weighted by Gasteiger charge is 2.17. The minimum absolute atomic E-state index is 0.0587. The summed E-state index contributed by atoms with van der Waals surface area (Å²) in [5.74, 6) is -0.881. The molecule has 0 radical (unpaired) electrons. The molecule has 0 amide bonds. The molecule has 3 nitrogen and oxygen atoms in total. The Hall–Kier alpha value is -2.01. The van der Waals surface area contributed by atoms with Crippen LogP contribution in [0.1, 0.15) is 15.9 Å². The van der Waals surface area contributed by atoms with Gasteiger partial charge in [-0.1, -0.05) is 12.1 Å². The van der Waals surface area contributed by atoms with Crippen LogP contribution in [0.15, 0.2) is 47.2 Å². The highest BCUT2D eigenvalue weighted by atomic mass is 79.9. The highest BCUT2D eigenvalue weighted by molar-refractivity contribution is 9.10. The van der Waals surface area contributed by atoms with E-state index in [9.17, 15) is 9.18 Å². The maximum Gasteiger partial charge on any atom is 0.198 e. The first-order valence-electron chi connectivity index (χ1n) is 5.58. The number of pyridine rings is 1. The number of ketones is 1. The van der Waals surface area contributed by atoms with Crippen LogP contribution in [-0.4, -0.2) is 15.8 Å². The largest absolute Gasteiger partial charge is 0.345 e. The Morgan fingerprint density at radius 1 is 1.26 bits per heavy atom. The van der Waals surface area contributed by atoms with E-state index in [1.807, 2.05) is 0 Å². The second-order valence-electron chi connectivity index (χ2n) is 4.06. The van der Waals surface area contributed by atoms with Crippen molar-refractivity contribution < 1.29 is 9.18 Å². The number of H-pyrrole nitrogens is 1. The van der Waals surface area contributed by atoms with Crippen molar-refractivity contribution in [3.8, 4) is 0 Å². The molecule has 0 saturated carbocycles. The SMILES string of the molecule is O=C(c1ccccc1F)c1c[nH]c2ncc(Br)cc12. The number of nitrogens with one attached hydrogen (secondary N) is 1.